The number of rotatable bonds is 6. The first-order valence-electron chi connectivity index (χ1n) is 7.32. The van der Waals surface area contributed by atoms with Crippen LogP contribution in [0.15, 0.2) is 4.99 Å². The van der Waals surface area contributed by atoms with Crippen molar-refractivity contribution in [3.05, 3.63) is 0 Å². The van der Waals surface area contributed by atoms with E-state index in [1.807, 2.05) is 11.8 Å². The van der Waals surface area contributed by atoms with Gasteiger partial charge in [0.1, 0.15) is 0 Å². The average molecular weight is 270 g/mol. The molecule has 106 valence electrons. The largest absolute Gasteiger partial charge is 0.365 e. The minimum atomic E-state index is 0.417. The molecule has 0 aromatic heterocycles. The number of unbranched alkanes of at least 4 members (excludes halogenated alkanes) is 1. The third kappa shape index (κ3) is 7.30. The normalized spacial score (nSPS) is 20.3. The van der Waals surface area contributed by atoms with Gasteiger partial charge in [0.2, 0.25) is 0 Å². The summed E-state index contributed by atoms with van der Waals surface area (Å²) in [6.45, 7) is 13.6. The number of nitrogens with zero attached hydrogens (tertiary/aromatic N) is 1. The molecule has 0 saturated carbocycles. The van der Waals surface area contributed by atoms with Gasteiger partial charge in [-0.05, 0) is 24.2 Å². The van der Waals surface area contributed by atoms with E-state index in [-0.39, 0.29) is 0 Å². The third-order valence-electron chi connectivity index (χ3n) is 3.04. The van der Waals surface area contributed by atoms with Crippen molar-refractivity contribution in [2.75, 3.05) is 13.1 Å². The van der Waals surface area contributed by atoms with E-state index >= 15 is 0 Å². The van der Waals surface area contributed by atoms with Crippen LogP contribution >= 0.6 is 11.8 Å². The highest BCUT2D eigenvalue weighted by Gasteiger charge is 2.24. The molecule has 0 aromatic carbocycles. The van der Waals surface area contributed by atoms with Crippen LogP contribution in [0.4, 0.5) is 0 Å². The molecule has 0 amide bonds. The van der Waals surface area contributed by atoms with Gasteiger partial charge in [0.15, 0.2) is 5.17 Å². The topological polar surface area (TPSA) is 24.4 Å². The fourth-order valence-corrected chi connectivity index (χ4v) is 3.56. The van der Waals surface area contributed by atoms with E-state index in [0.717, 1.165) is 19.0 Å². The Balaban J connectivity index is 2.08. The molecule has 0 fully saturated rings. The van der Waals surface area contributed by atoms with Gasteiger partial charge in [-0.1, -0.05) is 59.2 Å². The van der Waals surface area contributed by atoms with E-state index in [4.69, 9.17) is 0 Å². The molecule has 0 bridgehead atoms. The van der Waals surface area contributed by atoms with Crippen LogP contribution in [0.5, 0.6) is 0 Å². The smallest absolute Gasteiger partial charge is 0.156 e. The lowest BCUT2D eigenvalue weighted by Gasteiger charge is -2.21. The quantitative estimate of drug-likeness (QED) is 0.727. The maximum Gasteiger partial charge on any atom is 0.156 e. The summed E-state index contributed by atoms with van der Waals surface area (Å²) in [5.41, 5.74) is 0.417. The lowest BCUT2D eigenvalue weighted by molar-refractivity contribution is 0.375. The highest BCUT2D eigenvalue weighted by molar-refractivity contribution is 8.14. The molecule has 2 nitrogen and oxygen atoms in total. The highest BCUT2D eigenvalue weighted by atomic mass is 32.2. The second kappa shape index (κ2) is 7.42. The zero-order chi connectivity index (χ0) is 13.6. The molecule has 1 rings (SSSR count). The van der Waals surface area contributed by atoms with Crippen molar-refractivity contribution in [2.24, 2.45) is 16.3 Å². The molecule has 3 heteroatoms. The summed E-state index contributed by atoms with van der Waals surface area (Å²) in [5, 5.41) is 5.34. The van der Waals surface area contributed by atoms with Crippen LogP contribution in [0.3, 0.4) is 0 Å². The van der Waals surface area contributed by atoms with Crippen molar-refractivity contribution < 1.29 is 0 Å². The van der Waals surface area contributed by atoms with Gasteiger partial charge in [-0.15, -0.1) is 0 Å². The maximum absolute atomic E-state index is 4.60. The van der Waals surface area contributed by atoms with Crippen molar-refractivity contribution in [1.29, 1.82) is 0 Å². The third-order valence-corrected chi connectivity index (χ3v) is 4.19. The van der Waals surface area contributed by atoms with Crippen molar-refractivity contribution in [3.8, 4) is 0 Å². The summed E-state index contributed by atoms with van der Waals surface area (Å²) in [6.07, 6.45) is 5.18. The molecule has 0 aliphatic carbocycles. The van der Waals surface area contributed by atoms with Crippen LogP contribution in [0.25, 0.3) is 0 Å². The van der Waals surface area contributed by atoms with Crippen molar-refractivity contribution in [1.82, 2.24) is 5.32 Å². The highest BCUT2D eigenvalue weighted by Crippen LogP contribution is 2.31. The van der Waals surface area contributed by atoms with Gasteiger partial charge < -0.3 is 5.32 Å². The van der Waals surface area contributed by atoms with Gasteiger partial charge in [0.25, 0.3) is 0 Å². The summed E-state index contributed by atoms with van der Waals surface area (Å²) >= 11 is 1.94. The number of nitrogens with one attached hydrogen (secondary N) is 1. The molecule has 0 aromatic rings. The minimum Gasteiger partial charge on any atom is -0.365 e. The van der Waals surface area contributed by atoms with E-state index < -0.39 is 0 Å². The van der Waals surface area contributed by atoms with Gasteiger partial charge in [0, 0.05) is 11.8 Å². The van der Waals surface area contributed by atoms with Crippen LogP contribution in [0, 0.1) is 11.3 Å². The molecule has 1 unspecified atom stereocenters. The lowest BCUT2D eigenvalue weighted by Crippen LogP contribution is -2.21. The summed E-state index contributed by atoms with van der Waals surface area (Å²) in [6, 6.07) is 0. The molecule has 1 aliphatic rings. The van der Waals surface area contributed by atoms with Gasteiger partial charge in [0.05, 0.1) is 6.54 Å². The van der Waals surface area contributed by atoms with Crippen LogP contribution in [0.1, 0.15) is 60.3 Å². The van der Waals surface area contributed by atoms with Crippen LogP contribution in [-0.4, -0.2) is 23.5 Å². The summed E-state index contributed by atoms with van der Waals surface area (Å²) in [5.74, 6) is 0.833. The number of amidine groups is 1. The Hall–Kier alpha value is -0.180. The van der Waals surface area contributed by atoms with Crippen LogP contribution in [-0.2, 0) is 0 Å². The van der Waals surface area contributed by atoms with E-state index in [2.05, 4.69) is 44.9 Å². The van der Waals surface area contributed by atoms with Gasteiger partial charge >= 0.3 is 0 Å². The Labute approximate surface area is 117 Å². The molecule has 18 heavy (non-hydrogen) atoms. The van der Waals surface area contributed by atoms with Crippen molar-refractivity contribution >= 4 is 16.9 Å². The number of aliphatic imine (C=N–C) groups is 1. The fourth-order valence-electron chi connectivity index (χ4n) is 2.18. The molecule has 0 saturated heterocycles. The van der Waals surface area contributed by atoms with Gasteiger partial charge in [-0.3, -0.25) is 4.99 Å². The van der Waals surface area contributed by atoms with Gasteiger partial charge in [-0.2, -0.15) is 0 Å². The number of thioether (sulfide) groups is 1. The first-order chi connectivity index (χ1) is 8.37. The first-order valence-corrected chi connectivity index (χ1v) is 8.20. The monoisotopic (exact) mass is 270 g/mol. The van der Waals surface area contributed by atoms with E-state index in [1.54, 1.807) is 0 Å². The fraction of sp³-hybridized carbons (Fsp3) is 0.933. The lowest BCUT2D eigenvalue weighted by atomic mass is 9.90. The predicted molar refractivity (Wildman–Crippen MR) is 84.4 cm³/mol. The van der Waals surface area contributed by atoms with Crippen LogP contribution in [0.2, 0.25) is 0 Å². The summed E-state index contributed by atoms with van der Waals surface area (Å²) in [4.78, 5) is 4.60. The Morgan fingerprint density at radius 2 is 2.06 bits per heavy atom. The molecule has 0 spiro atoms. The summed E-state index contributed by atoms with van der Waals surface area (Å²) in [7, 11) is 0. The van der Waals surface area contributed by atoms with Crippen LogP contribution < -0.4 is 5.32 Å². The maximum atomic E-state index is 4.60. The standard InChI is InChI=1S/C15H30N2S/c1-12(2)8-6-7-9-16-14-17-11-13(18-14)10-15(3,4)5/h12-13H,6-11H2,1-5H3,(H,16,17). The van der Waals surface area contributed by atoms with Crippen molar-refractivity contribution in [2.45, 2.75) is 65.6 Å². The Morgan fingerprint density at radius 1 is 1.33 bits per heavy atom. The Bertz CT molecular complexity index is 266. The molecular weight excluding hydrogens is 240 g/mol. The molecule has 1 aliphatic heterocycles. The zero-order valence-electron chi connectivity index (χ0n) is 12.8. The average Bonchev–Trinajstić information content (AvgIpc) is 2.62. The zero-order valence-corrected chi connectivity index (χ0v) is 13.6. The molecular formula is C15H30N2S. The second-order valence-electron chi connectivity index (χ2n) is 6.97. The molecule has 1 heterocycles. The number of hydrogen-bond acceptors (Lipinski definition) is 3. The minimum absolute atomic E-state index is 0.417. The van der Waals surface area contributed by atoms with E-state index in [0.29, 0.717) is 10.7 Å². The first kappa shape index (κ1) is 15.9. The van der Waals surface area contributed by atoms with Gasteiger partial charge in [-0.25, -0.2) is 0 Å². The van der Waals surface area contributed by atoms with E-state index in [9.17, 15) is 0 Å². The Morgan fingerprint density at radius 3 is 2.67 bits per heavy atom. The van der Waals surface area contributed by atoms with E-state index in [1.165, 1.54) is 30.9 Å². The molecule has 1 N–H and O–H groups in total. The SMILES string of the molecule is CC(C)CCCCNC1=NCC(CC(C)(C)C)S1. The van der Waals surface area contributed by atoms with Crippen molar-refractivity contribution in [3.63, 3.8) is 0 Å². The second-order valence-corrected chi connectivity index (χ2v) is 8.26. The summed E-state index contributed by atoms with van der Waals surface area (Å²) < 4.78 is 0. The predicted octanol–water partition coefficient (Wildman–Crippen LogP) is 4.31. The number of hydrogen-bond donors (Lipinski definition) is 1. The molecule has 0 radical (unpaired) electrons. The Kier molecular flexibility index (Phi) is 6.54. The molecule has 1 atom stereocenters.